The van der Waals surface area contributed by atoms with Crippen LogP contribution in [-0.4, -0.2) is 37.1 Å². The number of hydrogen-bond acceptors (Lipinski definition) is 6. The Hall–Kier alpha value is -1.00. The van der Waals surface area contributed by atoms with Gasteiger partial charge in [0, 0.05) is 9.99 Å². The van der Waals surface area contributed by atoms with E-state index >= 15 is 0 Å². The lowest BCUT2D eigenvalue weighted by Gasteiger charge is -2.13. The number of fused-ring (bicyclic) bond motifs is 1. The van der Waals surface area contributed by atoms with Gasteiger partial charge in [0.15, 0.2) is 0 Å². The maximum atomic E-state index is 10.2. The van der Waals surface area contributed by atoms with Crippen molar-refractivity contribution in [1.29, 1.82) is 0 Å². The highest BCUT2D eigenvalue weighted by Crippen LogP contribution is 2.43. The average Bonchev–Trinajstić information content (AvgIpc) is 3.18. The Labute approximate surface area is 167 Å². The normalized spacial score (nSPS) is 26.2. The van der Waals surface area contributed by atoms with Crippen LogP contribution in [-0.2, 0) is 4.74 Å². The maximum absolute atomic E-state index is 10.2. The molecule has 1 aromatic carbocycles. The summed E-state index contributed by atoms with van der Waals surface area (Å²) in [7, 11) is 0. The number of aliphatic hydroxyl groups excluding tert-OH is 1. The fraction of sp³-hybridized carbons (Fsp3) is 0.294. The van der Waals surface area contributed by atoms with Crippen molar-refractivity contribution in [3.05, 3.63) is 47.6 Å². The van der Waals surface area contributed by atoms with Gasteiger partial charge in [0.1, 0.15) is 29.0 Å². The van der Waals surface area contributed by atoms with Gasteiger partial charge in [0.25, 0.3) is 0 Å². The van der Waals surface area contributed by atoms with Gasteiger partial charge >= 0.3 is 0 Å². The summed E-state index contributed by atoms with van der Waals surface area (Å²) in [6.45, 7) is 0. The molecule has 0 saturated carbocycles. The lowest BCUT2D eigenvalue weighted by atomic mass is 10.1. The van der Waals surface area contributed by atoms with Crippen LogP contribution in [0.2, 0.25) is 0 Å². The number of nitrogens with zero attached hydrogens (tertiary/aromatic N) is 2. The van der Waals surface area contributed by atoms with Crippen LogP contribution in [0.1, 0.15) is 11.7 Å². The molecule has 3 aromatic rings. The molecule has 1 aliphatic rings. The van der Waals surface area contributed by atoms with Crippen LogP contribution in [0.4, 0.5) is 0 Å². The second-order valence-electron chi connectivity index (χ2n) is 5.65. The molecular formula is C17H14ClIN2O3S. The third-order valence-corrected chi connectivity index (χ3v) is 6.41. The van der Waals surface area contributed by atoms with E-state index in [4.69, 9.17) is 21.1 Å². The van der Waals surface area contributed by atoms with Crippen molar-refractivity contribution in [2.45, 2.75) is 23.7 Å². The van der Waals surface area contributed by atoms with Crippen molar-refractivity contribution in [3.63, 3.8) is 0 Å². The minimum absolute atomic E-state index is 0.273. The molecular weight excluding hydrogens is 475 g/mol. The molecule has 1 saturated heterocycles. The van der Waals surface area contributed by atoms with Gasteiger partial charge < -0.3 is 14.6 Å². The van der Waals surface area contributed by atoms with Crippen LogP contribution >= 0.6 is 45.5 Å². The zero-order valence-electron chi connectivity index (χ0n) is 12.9. The molecule has 0 bridgehead atoms. The van der Waals surface area contributed by atoms with Crippen LogP contribution in [0.15, 0.2) is 42.0 Å². The Balaban J connectivity index is 1.70. The summed E-state index contributed by atoms with van der Waals surface area (Å²) in [6, 6.07) is 9.49. The van der Waals surface area contributed by atoms with E-state index in [2.05, 4.69) is 32.6 Å². The van der Waals surface area contributed by atoms with Crippen molar-refractivity contribution in [1.82, 2.24) is 9.97 Å². The van der Waals surface area contributed by atoms with E-state index in [0.29, 0.717) is 16.1 Å². The Kier molecular flexibility index (Phi) is 5.10. The summed E-state index contributed by atoms with van der Waals surface area (Å²) in [4.78, 5) is 8.66. The fourth-order valence-electron chi connectivity index (χ4n) is 2.82. The van der Waals surface area contributed by atoms with E-state index in [1.54, 1.807) is 0 Å². The number of aliphatic hydroxyl groups is 1. The zero-order valence-corrected chi connectivity index (χ0v) is 16.6. The average molecular weight is 489 g/mol. The number of aromatic nitrogens is 2. The number of hydrogen-bond donors (Lipinski definition) is 1. The summed E-state index contributed by atoms with van der Waals surface area (Å²) in [6.07, 6.45) is 0.108. The summed E-state index contributed by atoms with van der Waals surface area (Å²) in [5.74, 6) is 1.22. The van der Waals surface area contributed by atoms with E-state index in [1.165, 1.54) is 17.7 Å². The molecule has 2 aromatic heterocycles. The van der Waals surface area contributed by atoms with E-state index in [-0.39, 0.29) is 6.10 Å². The van der Waals surface area contributed by atoms with Crippen molar-refractivity contribution in [2.75, 3.05) is 4.43 Å². The van der Waals surface area contributed by atoms with E-state index in [0.717, 1.165) is 15.8 Å². The molecule has 0 spiro atoms. The van der Waals surface area contributed by atoms with E-state index < -0.39 is 17.6 Å². The third kappa shape index (κ3) is 3.23. The van der Waals surface area contributed by atoms with Crippen molar-refractivity contribution >= 4 is 55.7 Å². The van der Waals surface area contributed by atoms with Gasteiger partial charge in [-0.2, -0.15) is 0 Å². The first-order valence-corrected chi connectivity index (χ1v) is 10.5. The molecule has 25 heavy (non-hydrogen) atoms. The van der Waals surface area contributed by atoms with Crippen molar-refractivity contribution < 1.29 is 14.6 Å². The van der Waals surface area contributed by atoms with Crippen LogP contribution in [0.25, 0.3) is 10.2 Å². The van der Waals surface area contributed by atoms with Gasteiger partial charge in [-0.15, -0.1) is 22.9 Å². The Bertz CT molecular complexity index is 879. The lowest BCUT2D eigenvalue weighted by Crippen LogP contribution is -2.27. The molecule has 1 aliphatic heterocycles. The van der Waals surface area contributed by atoms with Crippen LogP contribution in [0.5, 0.6) is 11.6 Å². The minimum atomic E-state index is -0.694. The molecule has 1 unspecified atom stereocenters. The smallest absolute Gasteiger partial charge is 0.240 e. The maximum Gasteiger partial charge on any atom is 0.240 e. The lowest BCUT2D eigenvalue weighted by molar-refractivity contribution is 0.0270. The molecule has 3 heterocycles. The minimum Gasteiger partial charge on any atom is -0.437 e. The molecule has 4 rings (SSSR count). The summed E-state index contributed by atoms with van der Waals surface area (Å²) in [5.41, 5.74) is 1.62. The number of halogens is 2. The summed E-state index contributed by atoms with van der Waals surface area (Å²) in [5, 5.41) is 11.7. The Morgan fingerprint density at radius 3 is 2.80 bits per heavy atom. The molecule has 4 atom stereocenters. The SMILES string of the molecule is O[C@@H]1[C@@H](CI)OC(c2csc3c(Oc4ccccc4)ncnc23)[C@@H]1Cl. The van der Waals surface area contributed by atoms with Gasteiger partial charge in [-0.1, -0.05) is 40.8 Å². The first-order valence-electron chi connectivity index (χ1n) is 7.67. The predicted molar refractivity (Wildman–Crippen MR) is 106 cm³/mol. The highest BCUT2D eigenvalue weighted by atomic mass is 127. The number of benzene rings is 1. The highest BCUT2D eigenvalue weighted by Gasteiger charge is 2.43. The topological polar surface area (TPSA) is 64.5 Å². The zero-order chi connectivity index (χ0) is 17.4. The van der Waals surface area contributed by atoms with Gasteiger partial charge in [-0.25, -0.2) is 9.97 Å². The number of para-hydroxylation sites is 1. The van der Waals surface area contributed by atoms with Crippen molar-refractivity contribution in [2.24, 2.45) is 0 Å². The molecule has 1 N–H and O–H groups in total. The summed E-state index contributed by atoms with van der Waals surface area (Å²) >= 11 is 10.1. The molecule has 5 nitrogen and oxygen atoms in total. The molecule has 0 aliphatic carbocycles. The van der Waals surface area contributed by atoms with Crippen LogP contribution < -0.4 is 4.74 Å². The van der Waals surface area contributed by atoms with Gasteiger partial charge in [-0.05, 0) is 17.5 Å². The van der Waals surface area contributed by atoms with Crippen LogP contribution in [0.3, 0.4) is 0 Å². The van der Waals surface area contributed by atoms with Crippen LogP contribution in [0, 0.1) is 0 Å². The molecule has 0 amide bonds. The van der Waals surface area contributed by atoms with Gasteiger partial charge in [0.05, 0.1) is 17.0 Å². The quantitative estimate of drug-likeness (QED) is 0.438. The Morgan fingerprint density at radius 1 is 1.28 bits per heavy atom. The monoisotopic (exact) mass is 488 g/mol. The van der Waals surface area contributed by atoms with E-state index in [9.17, 15) is 5.11 Å². The largest absolute Gasteiger partial charge is 0.437 e. The standard InChI is InChI=1S/C17H14ClIN2O3S/c18-12-14(22)11(6-19)24-15(12)10-7-25-16-13(10)20-8-21-17(16)23-9-4-2-1-3-5-9/h1-5,7-8,11-12,14-15,22H,6H2/t11-,12-,14-,15?/m1/s1. The molecule has 0 radical (unpaired) electrons. The van der Waals surface area contributed by atoms with E-state index in [1.807, 2.05) is 35.7 Å². The second-order valence-corrected chi connectivity index (χ2v) is 7.91. The molecule has 130 valence electrons. The first-order chi connectivity index (χ1) is 12.2. The van der Waals surface area contributed by atoms with Gasteiger partial charge in [-0.3, -0.25) is 0 Å². The number of alkyl halides is 2. The Morgan fingerprint density at radius 2 is 2.08 bits per heavy atom. The highest BCUT2D eigenvalue weighted by molar-refractivity contribution is 14.1. The number of thiophene rings is 1. The third-order valence-electron chi connectivity index (χ3n) is 4.08. The second kappa shape index (κ2) is 7.32. The summed E-state index contributed by atoms with van der Waals surface area (Å²) < 4.78 is 13.4. The van der Waals surface area contributed by atoms with Crippen molar-refractivity contribution in [3.8, 4) is 11.6 Å². The molecule has 1 fully saturated rings. The number of rotatable bonds is 4. The number of ether oxygens (including phenoxy) is 2. The molecule has 8 heteroatoms. The predicted octanol–water partition coefficient (Wildman–Crippen LogP) is 4.33. The first kappa shape index (κ1) is 17.4. The van der Waals surface area contributed by atoms with Gasteiger partial charge in [0.2, 0.25) is 5.88 Å². The fourth-order valence-corrected chi connectivity index (χ4v) is 4.88.